The Morgan fingerprint density at radius 2 is 1.52 bits per heavy atom. The van der Waals surface area contributed by atoms with Crippen molar-refractivity contribution < 1.29 is 4.79 Å². The molecule has 0 saturated heterocycles. The van der Waals surface area contributed by atoms with Crippen LogP contribution in [-0.4, -0.2) is 26.3 Å². The van der Waals surface area contributed by atoms with Crippen LogP contribution in [0.1, 0.15) is 15.9 Å². The van der Waals surface area contributed by atoms with Crippen LogP contribution in [-0.2, 0) is 6.54 Å². The van der Waals surface area contributed by atoms with Gasteiger partial charge in [-0.15, -0.1) is 10.2 Å². The van der Waals surface area contributed by atoms with Gasteiger partial charge in [0.25, 0.3) is 0 Å². The van der Waals surface area contributed by atoms with E-state index in [0.717, 1.165) is 26.6 Å². The predicted octanol–water partition coefficient (Wildman–Crippen LogP) is 5.73. The Balaban J connectivity index is 1.64. The van der Waals surface area contributed by atoms with Gasteiger partial charge >= 0.3 is 0 Å². The van der Waals surface area contributed by atoms with E-state index in [2.05, 4.69) is 42.8 Å². The fourth-order valence-corrected chi connectivity index (χ4v) is 4.28. The molecule has 0 atom stereocenters. The van der Waals surface area contributed by atoms with Gasteiger partial charge < -0.3 is 0 Å². The van der Waals surface area contributed by atoms with Crippen LogP contribution in [0.4, 0.5) is 0 Å². The van der Waals surface area contributed by atoms with E-state index in [4.69, 9.17) is 0 Å². The third-order valence-electron chi connectivity index (χ3n) is 4.44. The molecule has 0 amide bonds. The first kappa shape index (κ1) is 19.6. The molecule has 0 aliphatic heterocycles. The minimum Gasteiger partial charge on any atom is -0.298 e. The lowest BCUT2D eigenvalue weighted by Crippen LogP contribution is -2.07. The molecule has 144 valence electrons. The SMILES string of the molecule is O=C(CSc1nnc(-c2ccccc2Br)n1Cc1ccccc1)c1ccccc1. The highest BCUT2D eigenvalue weighted by molar-refractivity contribution is 9.10. The number of nitrogens with zero attached hydrogens (tertiary/aromatic N) is 3. The number of hydrogen-bond donors (Lipinski definition) is 0. The Morgan fingerprint density at radius 3 is 2.24 bits per heavy atom. The minimum atomic E-state index is 0.0762. The van der Waals surface area contributed by atoms with Crippen molar-refractivity contribution in [2.24, 2.45) is 0 Å². The Morgan fingerprint density at radius 1 is 0.862 bits per heavy atom. The molecule has 0 aliphatic rings. The molecular formula is C23H18BrN3OS. The first-order valence-electron chi connectivity index (χ1n) is 9.15. The maximum atomic E-state index is 12.5. The van der Waals surface area contributed by atoms with Crippen molar-refractivity contribution in [2.45, 2.75) is 11.7 Å². The molecule has 0 unspecified atom stereocenters. The van der Waals surface area contributed by atoms with Gasteiger partial charge in [-0.25, -0.2) is 0 Å². The summed E-state index contributed by atoms with van der Waals surface area (Å²) in [5.41, 5.74) is 2.83. The number of carbonyl (C=O) groups is 1. The highest BCUT2D eigenvalue weighted by Crippen LogP contribution is 2.30. The minimum absolute atomic E-state index is 0.0762. The number of ketones is 1. The van der Waals surface area contributed by atoms with Gasteiger partial charge in [-0.2, -0.15) is 0 Å². The Hall–Kier alpha value is -2.70. The predicted molar refractivity (Wildman–Crippen MR) is 120 cm³/mol. The van der Waals surface area contributed by atoms with E-state index in [1.54, 1.807) is 0 Å². The number of carbonyl (C=O) groups excluding carboxylic acids is 1. The molecule has 0 spiro atoms. The molecule has 0 radical (unpaired) electrons. The molecule has 1 aromatic heterocycles. The third kappa shape index (κ3) is 4.66. The van der Waals surface area contributed by atoms with E-state index in [0.29, 0.717) is 17.9 Å². The summed E-state index contributed by atoms with van der Waals surface area (Å²) in [5, 5.41) is 9.57. The number of hydrogen-bond acceptors (Lipinski definition) is 4. The largest absolute Gasteiger partial charge is 0.298 e. The molecule has 1 heterocycles. The highest BCUT2D eigenvalue weighted by Gasteiger charge is 2.18. The van der Waals surface area contributed by atoms with Gasteiger partial charge in [0.1, 0.15) is 0 Å². The number of benzene rings is 3. The van der Waals surface area contributed by atoms with Crippen molar-refractivity contribution in [1.29, 1.82) is 0 Å². The molecule has 0 N–H and O–H groups in total. The molecule has 0 fully saturated rings. The molecule has 0 saturated carbocycles. The van der Waals surface area contributed by atoms with Crippen molar-refractivity contribution in [2.75, 3.05) is 5.75 Å². The average Bonchev–Trinajstić information content (AvgIpc) is 3.16. The standard InChI is InChI=1S/C23H18BrN3OS/c24-20-14-8-7-13-19(20)22-25-26-23(27(22)15-17-9-3-1-4-10-17)29-16-21(28)18-11-5-2-6-12-18/h1-14H,15-16H2. The first-order valence-corrected chi connectivity index (χ1v) is 10.9. The van der Waals surface area contributed by atoms with Crippen LogP contribution in [0.25, 0.3) is 11.4 Å². The summed E-state index contributed by atoms with van der Waals surface area (Å²) in [5.74, 6) is 1.16. The maximum Gasteiger partial charge on any atom is 0.192 e. The van der Waals surface area contributed by atoms with E-state index >= 15 is 0 Å². The van der Waals surface area contributed by atoms with Gasteiger partial charge in [0.2, 0.25) is 0 Å². The van der Waals surface area contributed by atoms with Crippen LogP contribution >= 0.6 is 27.7 Å². The molecule has 4 aromatic rings. The van der Waals surface area contributed by atoms with Crippen molar-refractivity contribution in [3.8, 4) is 11.4 Å². The van der Waals surface area contributed by atoms with Gasteiger partial charge in [0, 0.05) is 15.6 Å². The lowest BCUT2D eigenvalue weighted by atomic mass is 10.2. The van der Waals surface area contributed by atoms with E-state index in [-0.39, 0.29) is 5.78 Å². The summed E-state index contributed by atoms with van der Waals surface area (Å²) in [6.45, 7) is 0.631. The average molecular weight is 464 g/mol. The Labute approximate surface area is 182 Å². The van der Waals surface area contributed by atoms with Crippen LogP contribution in [0.15, 0.2) is 94.6 Å². The van der Waals surface area contributed by atoms with Crippen LogP contribution in [0.3, 0.4) is 0 Å². The number of rotatable bonds is 7. The van der Waals surface area contributed by atoms with Crippen LogP contribution in [0.2, 0.25) is 0 Å². The fourth-order valence-electron chi connectivity index (χ4n) is 2.98. The number of halogens is 1. The summed E-state index contributed by atoms with van der Waals surface area (Å²) in [6, 6.07) is 27.5. The van der Waals surface area contributed by atoms with Gasteiger partial charge in [0.15, 0.2) is 16.8 Å². The summed E-state index contributed by atoms with van der Waals surface area (Å²) in [7, 11) is 0. The van der Waals surface area contributed by atoms with Crippen molar-refractivity contribution >= 4 is 33.5 Å². The molecule has 4 rings (SSSR count). The lowest BCUT2D eigenvalue weighted by molar-refractivity contribution is 0.102. The highest BCUT2D eigenvalue weighted by atomic mass is 79.9. The van der Waals surface area contributed by atoms with Gasteiger partial charge in [0.05, 0.1) is 12.3 Å². The maximum absolute atomic E-state index is 12.5. The van der Waals surface area contributed by atoms with Crippen molar-refractivity contribution in [3.63, 3.8) is 0 Å². The summed E-state index contributed by atoms with van der Waals surface area (Å²) in [6.07, 6.45) is 0. The molecule has 6 heteroatoms. The smallest absolute Gasteiger partial charge is 0.192 e. The summed E-state index contributed by atoms with van der Waals surface area (Å²) < 4.78 is 3.02. The normalized spacial score (nSPS) is 10.8. The molecule has 4 nitrogen and oxygen atoms in total. The topological polar surface area (TPSA) is 47.8 Å². The Bertz CT molecular complexity index is 1110. The molecular weight excluding hydrogens is 446 g/mol. The lowest BCUT2D eigenvalue weighted by Gasteiger charge is -2.11. The zero-order valence-corrected chi connectivity index (χ0v) is 17.9. The number of thioether (sulfide) groups is 1. The molecule has 29 heavy (non-hydrogen) atoms. The van der Waals surface area contributed by atoms with Gasteiger partial charge in [-0.1, -0.05) is 107 Å². The second-order valence-corrected chi connectivity index (χ2v) is 8.23. The van der Waals surface area contributed by atoms with Gasteiger partial charge in [-0.3, -0.25) is 9.36 Å². The zero-order chi connectivity index (χ0) is 20.1. The Kier molecular flexibility index (Phi) is 6.22. The van der Waals surface area contributed by atoms with E-state index in [1.165, 1.54) is 11.8 Å². The molecule has 3 aromatic carbocycles. The fraction of sp³-hybridized carbons (Fsp3) is 0.0870. The van der Waals surface area contributed by atoms with E-state index in [9.17, 15) is 4.79 Å². The number of Topliss-reactive ketones (excluding diaryl/α,β-unsaturated/α-hetero) is 1. The van der Waals surface area contributed by atoms with Crippen LogP contribution < -0.4 is 0 Å². The number of aromatic nitrogens is 3. The summed E-state index contributed by atoms with van der Waals surface area (Å²) in [4.78, 5) is 12.5. The summed E-state index contributed by atoms with van der Waals surface area (Å²) >= 11 is 5.03. The van der Waals surface area contributed by atoms with Gasteiger partial charge in [-0.05, 0) is 11.6 Å². The van der Waals surface area contributed by atoms with Crippen LogP contribution in [0, 0.1) is 0 Å². The monoisotopic (exact) mass is 463 g/mol. The molecule has 0 bridgehead atoms. The van der Waals surface area contributed by atoms with E-state index < -0.39 is 0 Å². The quantitative estimate of drug-likeness (QED) is 0.259. The van der Waals surface area contributed by atoms with E-state index in [1.807, 2.05) is 72.8 Å². The zero-order valence-electron chi connectivity index (χ0n) is 15.5. The van der Waals surface area contributed by atoms with Crippen molar-refractivity contribution in [3.05, 3.63) is 101 Å². The first-order chi connectivity index (χ1) is 14.2. The second-order valence-electron chi connectivity index (χ2n) is 6.44. The van der Waals surface area contributed by atoms with Crippen LogP contribution in [0.5, 0.6) is 0 Å². The third-order valence-corrected chi connectivity index (χ3v) is 6.10. The second kappa shape index (κ2) is 9.20. The van der Waals surface area contributed by atoms with Crippen molar-refractivity contribution in [1.82, 2.24) is 14.8 Å². The molecule has 0 aliphatic carbocycles.